The van der Waals surface area contributed by atoms with Crippen LogP contribution in [0.1, 0.15) is 13.3 Å². The van der Waals surface area contributed by atoms with E-state index in [1.165, 1.54) is 18.3 Å². The van der Waals surface area contributed by atoms with Crippen molar-refractivity contribution in [3.8, 4) is 0 Å². The molecule has 1 aliphatic heterocycles. The number of oxime groups is 1. The van der Waals surface area contributed by atoms with Crippen molar-refractivity contribution in [3.05, 3.63) is 36.0 Å². The highest BCUT2D eigenvalue weighted by atomic mass is 32.2. The van der Waals surface area contributed by atoms with Gasteiger partial charge in [0.1, 0.15) is 5.84 Å². The minimum Gasteiger partial charge on any atom is -0.387 e. The molecule has 1 fully saturated rings. The van der Waals surface area contributed by atoms with Crippen LogP contribution in [0.4, 0.5) is 0 Å². The summed E-state index contributed by atoms with van der Waals surface area (Å²) in [5.74, 6) is 0.393. The molecule has 0 saturated heterocycles. The van der Waals surface area contributed by atoms with E-state index >= 15 is 0 Å². The molecule has 1 aromatic heterocycles. The minimum atomic E-state index is -0.613. The van der Waals surface area contributed by atoms with E-state index in [9.17, 15) is 9.59 Å². The molecule has 1 saturated carbocycles. The molecule has 1 aromatic carbocycles. The standard InChI is InChI=1S/C17H14N4O3S2/c1-8(22)24-21-14(12-7-9-6-10(9)15(18)19-12)16(23)26-17-20-11-4-2-3-5-13(11)25-17/h2-5,7,9-10H,6H2,1H3,(H2,18,19)/b21-14-. The molecule has 0 radical (unpaired) electrons. The summed E-state index contributed by atoms with van der Waals surface area (Å²) in [6, 6.07) is 7.64. The summed E-state index contributed by atoms with van der Waals surface area (Å²) in [4.78, 5) is 37.3. The van der Waals surface area contributed by atoms with Crippen molar-refractivity contribution in [3.63, 3.8) is 0 Å². The van der Waals surface area contributed by atoms with E-state index in [1.807, 2.05) is 30.3 Å². The number of fused-ring (bicyclic) bond motifs is 2. The summed E-state index contributed by atoms with van der Waals surface area (Å²) in [7, 11) is 0. The van der Waals surface area contributed by atoms with Gasteiger partial charge in [-0.05, 0) is 36.2 Å². The molecule has 2 aromatic rings. The fraction of sp³-hybridized carbons (Fsp3) is 0.235. The number of amidine groups is 1. The lowest BCUT2D eigenvalue weighted by Crippen LogP contribution is -2.22. The molecule has 2 aliphatic rings. The molecule has 7 nitrogen and oxygen atoms in total. The van der Waals surface area contributed by atoms with Gasteiger partial charge < -0.3 is 10.6 Å². The number of carbonyl (C=O) groups excluding carboxylic acids is 2. The van der Waals surface area contributed by atoms with Gasteiger partial charge in [-0.3, -0.25) is 4.79 Å². The highest BCUT2D eigenvalue weighted by Crippen LogP contribution is 2.43. The third-order valence-electron chi connectivity index (χ3n) is 4.00. The van der Waals surface area contributed by atoms with Crippen molar-refractivity contribution in [1.82, 2.24) is 4.98 Å². The van der Waals surface area contributed by atoms with Crippen LogP contribution in [0.5, 0.6) is 0 Å². The van der Waals surface area contributed by atoms with Gasteiger partial charge in [-0.1, -0.05) is 23.4 Å². The van der Waals surface area contributed by atoms with Crippen LogP contribution in [0, 0.1) is 11.8 Å². The normalized spacial score (nSPS) is 21.7. The highest BCUT2D eigenvalue weighted by Gasteiger charge is 2.42. The average molecular weight is 386 g/mol. The first-order valence-corrected chi connectivity index (χ1v) is 9.54. The van der Waals surface area contributed by atoms with E-state index in [4.69, 9.17) is 10.6 Å². The van der Waals surface area contributed by atoms with E-state index in [0.717, 1.165) is 28.4 Å². The predicted octanol–water partition coefficient (Wildman–Crippen LogP) is 2.72. The molecule has 132 valence electrons. The Hall–Kier alpha value is -2.52. The molecule has 1 aliphatic carbocycles. The summed E-state index contributed by atoms with van der Waals surface area (Å²) < 4.78 is 1.57. The maximum Gasteiger partial charge on any atom is 0.332 e. The van der Waals surface area contributed by atoms with Crippen LogP contribution in [-0.4, -0.2) is 27.6 Å². The third-order valence-corrected chi connectivity index (χ3v) is 5.97. The van der Waals surface area contributed by atoms with E-state index in [1.54, 1.807) is 0 Å². The molecular weight excluding hydrogens is 372 g/mol. The minimum absolute atomic E-state index is 0.0299. The Morgan fingerprint density at radius 2 is 2.19 bits per heavy atom. The Balaban J connectivity index is 1.62. The third kappa shape index (κ3) is 3.40. The topological polar surface area (TPSA) is 107 Å². The number of hydrogen-bond acceptors (Lipinski definition) is 9. The van der Waals surface area contributed by atoms with Crippen molar-refractivity contribution in [1.29, 1.82) is 0 Å². The van der Waals surface area contributed by atoms with Gasteiger partial charge in [-0.2, -0.15) is 0 Å². The number of thiazole rings is 1. The number of nitrogens with two attached hydrogens (primary N) is 1. The quantitative estimate of drug-likeness (QED) is 0.375. The molecule has 2 N–H and O–H groups in total. The molecule has 2 unspecified atom stereocenters. The second-order valence-electron chi connectivity index (χ2n) is 5.95. The van der Waals surface area contributed by atoms with Crippen molar-refractivity contribution >= 4 is 55.9 Å². The van der Waals surface area contributed by atoms with E-state index in [0.29, 0.717) is 15.9 Å². The maximum atomic E-state index is 12.8. The Morgan fingerprint density at radius 3 is 2.92 bits per heavy atom. The molecular formula is C17H14N4O3S2. The van der Waals surface area contributed by atoms with Gasteiger partial charge in [0.25, 0.3) is 0 Å². The largest absolute Gasteiger partial charge is 0.387 e. The van der Waals surface area contributed by atoms with Gasteiger partial charge >= 0.3 is 5.97 Å². The number of carbonyl (C=O) groups is 2. The Kier molecular flexibility index (Phi) is 4.33. The van der Waals surface area contributed by atoms with Gasteiger partial charge in [-0.15, -0.1) is 11.3 Å². The van der Waals surface area contributed by atoms with Crippen LogP contribution in [0.15, 0.2) is 50.5 Å². The zero-order valence-corrected chi connectivity index (χ0v) is 15.3. The molecule has 26 heavy (non-hydrogen) atoms. The van der Waals surface area contributed by atoms with Crippen molar-refractivity contribution in [2.24, 2.45) is 27.7 Å². The number of nitrogens with zero attached hydrogens (tertiary/aromatic N) is 3. The van der Waals surface area contributed by atoms with Crippen LogP contribution in [0.25, 0.3) is 10.2 Å². The molecule has 0 spiro atoms. The van der Waals surface area contributed by atoms with Crippen LogP contribution in [-0.2, 0) is 14.4 Å². The Bertz CT molecular complexity index is 975. The number of rotatable bonds is 4. The monoisotopic (exact) mass is 386 g/mol. The maximum absolute atomic E-state index is 12.8. The van der Waals surface area contributed by atoms with E-state index in [2.05, 4.69) is 15.1 Å². The number of benzene rings is 1. The first-order chi connectivity index (χ1) is 12.5. The summed E-state index contributed by atoms with van der Waals surface area (Å²) in [5.41, 5.74) is 7.07. The van der Waals surface area contributed by atoms with Crippen LogP contribution in [0.3, 0.4) is 0 Å². The van der Waals surface area contributed by atoms with Crippen molar-refractivity contribution in [2.45, 2.75) is 17.7 Å². The summed E-state index contributed by atoms with van der Waals surface area (Å²) in [6.45, 7) is 1.22. The smallest absolute Gasteiger partial charge is 0.332 e. The van der Waals surface area contributed by atoms with Gasteiger partial charge in [0.2, 0.25) is 5.12 Å². The number of aromatic nitrogens is 1. The fourth-order valence-electron chi connectivity index (χ4n) is 2.65. The number of aliphatic imine (C=N–C) groups is 1. The number of thioether (sulfide) groups is 1. The second-order valence-corrected chi connectivity index (χ2v) is 8.21. The molecule has 0 bridgehead atoms. The average Bonchev–Trinajstić information content (AvgIpc) is 3.26. The van der Waals surface area contributed by atoms with Gasteiger partial charge in [0, 0.05) is 12.8 Å². The number of hydrogen-bond donors (Lipinski definition) is 1. The van der Waals surface area contributed by atoms with Crippen LogP contribution < -0.4 is 5.73 Å². The Morgan fingerprint density at radius 1 is 1.38 bits per heavy atom. The fourth-order valence-corrected chi connectivity index (χ4v) is 4.55. The molecule has 2 heterocycles. The highest BCUT2D eigenvalue weighted by molar-refractivity contribution is 8.16. The molecule has 0 amide bonds. The lowest BCUT2D eigenvalue weighted by Gasteiger charge is -2.09. The van der Waals surface area contributed by atoms with E-state index in [-0.39, 0.29) is 17.5 Å². The molecule has 9 heteroatoms. The zero-order valence-electron chi connectivity index (χ0n) is 13.7. The Labute approximate surface area is 157 Å². The molecule has 2 atom stereocenters. The summed E-state index contributed by atoms with van der Waals surface area (Å²) in [5, 5.41) is 3.33. The van der Waals surface area contributed by atoms with Gasteiger partial charge in [0.15, 0.2) is 10.1 Å². The lowest BCUT2D eigenvalue weighted by molar-refractivity contribution is -0.140. The first kappa shape index (κ1) is 16.9. The van der Waals surface area contributed by atoms with E-state index < -0.39 is 11.1 Å². The summed E-state index contributed by atoms with van der Waals surface area (Å²) >= 11 is 2.35. The van der Waals surface area contributed by atoms with Gasteiger partial charge in [0.05, 0.1) is 15.9 Å². The van der Waals surface area contributed by atoms with Crippen LogP contribution >= 0.6 is 23.1 Å². The molecule has 4 rings (SSSR count). The number of allylic oxidation sites excluding steroid dienone is 2. The first-order valence-electron chi connectivity index (χ1n) is 7.91. The number of para-hydroxylation sites is 1. The second kappa shape index (κ2) is 6.65. The SMILES string of the molecule is CC(=O)O/N=C(\C(=O)Sc1nc2ccccc2s1)C1=CC2CC2C(N)=N1. The van der Waals surface area contributed by atoms with Crippen LogP contribution in [0.2, 0.25) is 0 Å². The van der Waals surface area contributed by atoms with Gasteiger partial charge in [-0.25, -0.2) is 14.8 Å². The zero-order chi connectivity index (χ0) is 18.3. The van der Waals surface area contributed by atoms with Crippen molar-refractivity contribution < 1.29 is 14.4 Å². The summed E-state index contributed by atoms with van der Waals surface area (Å²) in [6.07, 6.45) is 2.78. The predicted molar refractivity (Wildman–Crippen MR) is 101 cm³/mol. The van der Waals surface area contributed by atoms with Crippen molar-refractivity contribution in [2.75, 3.05) is 0 Å². The lowest BCUT2D eigenvalue weighted by atomic mass is 10.1.